The monoisotopic (exact) mass is 286 g/mol. The van der Waals surface area contributed by atoms with Gasteiger partial charge in [0.1, 0.15) is 0 Å². The number of carbonyl (C=O) groups excluding carboxylic acids is 1. The highest BCUT2D eigenvalue weighted by Gasteiger charge is 2.34. The fraction of sp³-hybridized carbons (Fsp3) is 0.588. The number of rotatable bonds is 1. The SMILES string of the molecule is O=C1NC[C@@H]2CNCC2c2ccc(C3CCOCC3)cc21. The van der Waals surface area contributed by atoms with Crippen LogP contribution in [-0.4, -0.2) is 38.8 Å². The molecule has 3 aliphatic heterocycles. The standard InChI is InChI=1S/C17H22N2O2/c20-17-15-7-12(11-3-5-21-6-4-11)1-2-14(15)16-10-18-8-13(16)9-19-17/h1-2,7,11,13,16,18H,3-6,8-10H2,(H,19,20)/t13-,16?/m0/s1. The Morgan fingerprint density at radius 2 is 1.95 bits per heavy atom. The molecule has 0 saturated carbocycles. The Kier molecular flexibility index (Phi) is 3.43. The Morgan fingerprint density at radius 1 is 1.10 bits per heavy atom. The van der Waals surface area contributed by atoms with Crippen molar-refractivity contribution < 1.29 is 9.53 Å². The number of amides is 1. The Labute approximate surface area is 125 Å². The fourth-order valence-electron chi connectivity index (χ4n) is 4.01. The van der Waals surface area contributed by atoms with Crippen molar-refractivity contribution in [3.05, 3.63) is 34.9 Å². The van der Waals surface area contributed by atoms with Crippen LogP contribution >= 0.6 is 0 Å². The van der Waals surface area contributed by atoms with Crippen LogP contribution in [0.25, 0.3) is 0 Å². The van der Waals surface area contributed by atoms with E-state index in [1.165, 1.54) is 11.1 Å². The second kappa shape index (κ2) is 5.43. The third-order valence-corrected chi connectivity index (χ3v) is 5.28. The van der Waals surface area contributed by atoms with Gasteiger partial charge in [-0.2, -0.15) is 0 Å². The minimum Gasteiger partial charge on any atom is -0.381 e. The van der Waals surface area contributed by atoms with E-state index in [1.54, 1.807) is 0 Å². The van der Waals surface area contributed by atoms with Crippen LogP contribution < -0.4 is 10.6 Å². The molecule has 2 N–H and O–H groups in total. The van der Waals surface area contributed by atoms with Crippen LogP contribution in [0.3, 0.4) is 0 Å². The smallest absolute Gasteiger partial charge is 0.251 e. The predicted octanol–water partition coefficient (Wildman–Crippen LogP) is 1.63. The molecule has 4 rings (SSSR count). The fourth-order valence-corrected chi connectivity index (χ4v) is 4.01. The normalized spacial score (nSPS) is 29.4. The van der Waals surface area contributed by atoms with Crippen molar-refractivity contribution in [1.29, 1.82) is 0 Å². The number of fused-ring (bicyclic) bond motifs is 3. The molecular weight excluding hydrogens is 264 g/mol. The first-order valence-electron chi connectivity index (χ1n) is 8.03. The van der Waals surface area contributed by atoms with E-state index in [1.807, 2.05) is 0 Å². The van der Waals surface area contributed by atoms with Crippen molar-refractivity contribution in [2.75, 3.05) is 32.8 Å². The first kappa shape index (κ1) is 13.3. The molecule has 1 aromatic rings. The molecule has 2 fully saturated rings. The molecule has 0 radical (unpaired) electrons. The van der Waals surface area contributed by atoms with Gasteiger partial charge in [0.2, 0.25) is 0 Å². The average Bonchev–Trinajstić information content (AvgIpc) is 2.96. The number of carbonyl (C=O) groups is 1. The number of hydrogen-bond donors (Lipinski definition) is 2. The Hall–Kier alpha value is -1.39. The minimum absolute atomic E-state index is 0.105. The molecule has 1 aromatic carbocycles. The van der Waals surface area contributed by atoms with Crippen LogP contribution in [-0.2, 0) is 4.74 Å². The number of ether oxygens (including phenoxy) is 1. The van der Waals surface area contributed by atoms with Crippen molar-refractivity contribution in [3.63, 3.8) is 0 Å². The quantitative estimate of drug-likeness (QED) is 0.825. The number of nitrogens with one attached hydrogen (secondary N) is 2. The van der Waals surface area contributed by atoms with E-state index in [0.29, 0.717) is 17.8 Å². The lowest BCUT2D eigenvalue weighted by atomic mass is 9.84. The number of benzene rings is 1. The molecular formula is C17H22N2O2. The van der Waals surface area contributed by atoms with Crippen molar-refractivity contribution in [2.24, 2.45) is 5.92 Å². The highest BCUT2D eigenvalue weighted by molar-refractivity contribution is 5.96. The Bertz CT molecular complexity index is 552. The molecule has 3 heterocycles. The van der Waals surface area contributed by atoms with Gasteiger partial charge in [0.15, 0.2) is 0 Å². The molecule has 1 amide bonds. The summed E-state index contributed by atoms with van der Waals surface area (Å²) < 4.78 is 5.44. The third-order valence-electron chi connectivity index (χ3n) is 5.28. The summed E-state index contributed by atoms with van der Waals surface area (Å²) in [5.41, 5.74) is 3.43. The van der Waals surface area contributed by atoms with E-state index in [2.05, 4.69) is 28.8 Å². The van der Waals surface area contributed by atoms with Crippen molar-refractivity contribution in [1.82, 2.24) is 10.6 Å². The van der Waals surface area contributed by atoms with Gasteiger partial charge in [-0.15, -0.1) is 0 Å². The molecule has 0 aromatic heterocycles. The highest BCUT2D eigenvalue weighted by Crippen LogP contribution is 2.35. The Morgan fingerprint density at radius 3 is 2.81 bits per heavy atom. The van der Waals surface area contributed by atoms with Gasteiger partial charge in [-0.3, -0.25) is 4.79 Å². The van der Waals surface area contributed by atoms with E-state index in [-0.39, 0.29) is 5.91 Å². The molecule has 4 nitrogen and oxygen atoms in total. The van der Waals surface area contributed by atoms with Crippen LogP contribution in [0.5, 0.6) is 0 Å². The molecule has 4 heteroatoms. The van der Waals surface area contributed by atoms with Crippen molar-refractivity contribution in [3.8, 4) is 0 Å². The van der Waals surface area contributed by atoms with Gasteiger partial charge < -0.3 is 15.4 Å². The first-order chi connectivity index (χ1) is 10.3. The summed E-state index contributed by atoms with van der Waals surface area (Å²) in [6, 6.07) is 6.58. The Balaban J connectivity index is 1.70. The lowest BCUT2D eigenvalue weighted by molar-refractivity contribution is 0.0853. The predicted molar refractivity (Wildman–Crippen MR) is 80.7 cm³/mol. The maximum atomic E-state index is 12.4. The summed E-state index contributed by atoms with van der Waals surface area (Å²) in [4.78, 5) is 12.4. The molecule has 3 aliphatic rings. The van der Waals surface area contributed by atoms with E-state index in [9.17, 15) is 4.79 Å². The maximum absolute atomic E-state index is 12.4. The first-order valence-corrected chi connectivity index (χ1v) is 8.03. The van der Waals surface area contributed by atoms with Crippen LogP contribution in [0.4, 0.5) is 0 Å². The molecule has 0 aliphatic carbocycles. The van der Waals surface area contributed by atoms with Gasteiger partial charge in [0, 0.05) is 44.3 Å². The van der Waals surface area contributed by atoms with E-state index in [0.717, 1.165) is 51.3 Å². The molecule has 2 saturated heterocycles. The molecule has 21 heavy (non-hydrogen) atoms. The van der Waals surface area contributed by atoms with Crippen LogP contribution in [0.1, 0.15) is 46.2 Å². The van der Waals surface area contributed by atoms with E-state index >= 15 is 0 Å². The average molecular weight is 286 g/mol. The summed E-state index contributed by atoms with van der Waals surface area (Å²) in [6.07, 6.45) is 2.13. The van der Waals surface area contributed by atoms with Crippen LogP contribution in [0, 0.1) is 5.92 Å². The molecule has 112 valence electrons. The zero-order valence-corrected chi connectivity index (χ0v) is 12.2. The van der Waals surface area contributed by atoms with Crippen molar-refractivity contribution >= 4 is 5.91 Å². The molecule has 2 atom stereocenters. The van der Waals surface area contributed by atoms with E-state index in [4.69, 9.17) is 4.74 Å². The van der Waals surface area contributed by atoms with E-state index < -0.39 is 0 Å². The summed E-state index contributed by atoms with van der Waals surface area (Å²) in [5, 5.41) is 6.56. The maximum Gasteiger partial charge on any atom is 0.251 e. The van der Waals surface area contributed by atoms with Gasteiger partial charge in [-0.05, 0) is 41.9 Å². The second-order valence-electron chi connectivity index (χ2n) is 6.47. The van der Waals surface area contributed by atoms with Gasteiger partial charge in [0.25, 0.3) is 5.91 Å². The lowest BCUT2D eigenvalue weighted by Gasteiger charge is -2.24. The molecule has 0 spiro atoms. The molecule has 0 bridgehead atoms. The van der Waals surface area contributed by atoms with Crippen LogP contribution in [0.2, 0.25) is 0 Å². The largest absolute Gasteiger partial charge is 0.381 e. The second-order valence-corrected chi connectivity index (χ2v) is 6.47. The van der Waals surface area contributed by atoms with Gasteiger partial charge in [-0.1, -0.05) is 12.1 Å². The van der Waals surface area contributed by atoms with Crippen molar-refractivity contribution in [2.45, 2.75) is 24.7 Å². The summed E-state index contributed by atoms with van der Waals surface area (Å²) in [7, 11) is 0. The zero-order chi connectivity index (χ0) is 14.2. The molecule has 1 unspecified atom stereocenters. The minimum atomic E-state index is 0.105. The topological polar surface area (TPSA) is 50.4 Å². The zero-order valence-electron chi connectivity index (χ0n) is 12.2. The summed E-state index contributed by atoms with van der Waals surface area (Å²) in [5.74, 6) is 1.65. The number of hydrogen-bond acceptors (Lipinski definition) is 3. The van der Waals surface area contributed by atoms with Gasteiger partial charge in [0.05, 0.1) is 0 Å². The third kappa shape index (κ3) is 2.36. The van der Waals surface area contributed by atoms with Gasteiger partial charge in [-0.25, -0.2) is 0 Å². The van der Waals surface area contributed by atoms with Gasteiger partial charge >= 0.3 is 0 Å². The van der Waals surface area contributed by atoms with Crippen LogP contribution in [0.15, 0.2) is 18.2 Å². The summed E-state index contributed by atoms with van der Waals surface area (Å²) in [6.45, 7) is 4.46. The highest BCUT2D eigenvalue weighted by atomic mass is 16.5. The lowest BCUT2D eigenvalue weighted by Crippen LogP contribution is -2.28. The summed E-state index contributed by atoms with van der Waals surface area (Å²) >= 11 is 0.